The number of nitrogens with one attached hydrogen (secondary N) is 2. The number of ketones is 1. The molecule has 10 heteroatoms. The second-order valence-electron chi connectivity index (χ2n) is 9.28. The monoisotopic (exact) mass is 524 g/mol. The highest BCUT2D eigenvalue weighted by Gasteiger charge is 2.27. The van der Waals surface area contributed by atoms with Crippen LogP contribution in [-0.2, 0) is 19.6 Å². The van der Waals surface area contributed by atoms with Crippen molar-refractivity contribution in [2.24, 2.45) is 0 Å². The standard InChI is InChI=1S/C27H32N4O5S/c1-19(32)8-4-3-5-11-24(27(33)29-21-16-20-9-6-7-10-23(20)28-18-21)30-37(34,35)22-12-13-25-26(17-22)36-15-14-31(25)2/h6-7,9-10,12-13,16-18,24,30H,3-5,8,11,14-15H2,1-2H3,(H,29,33)/t24-/m0/s1. The van der Waals surface area contributed by atoms with Gasteiger partial charge in [-0.1, -0.05) is 31.0 Å². The average Bonchev–Trinajstić information content (AvgIpc) is 2.87. The summed E-state index contributed by atoms with van der Waals surface area (Å²) in [7, 11) is -2.10. The minimum Gasteiger partial charge on any atom is -0.490 e. The number of aromatic nitrogens is 1. The molecule has 0 spiro atoms. The first-order valence-corrected chi connectivity index (χ1v) is 13.9. The summed E-state index contributed by atoms with van der Waals surface area (Å²) in [5.41, 5.74) is 2.09. The van der Waals surface area contributed by atoms with Crippen molar-refractivity contribution in [3.8, 4) is 5.75 Å². The Hall–Kier alpha value is -3.50. The smallest absolute Gasteiger partial charge is 0.242 e. The normalized spacial score (nSPS) is 14.1. The molecule has 2 N–H and O–H groups in total. The van der Waals surface area contributed by atoms with Crippen molar-refractivity contribution in [1.82, 2.24) is 9.71 Å². The van der Waals surface area contributed by atoms with Gasteiger partial charge in [-0.15, -0.1) is 0 Å². The Morgan fingerprint density at radius 1 is 1.11 bits per heavy atom. The molecule has 2 heterocycles. The molecule has 1 atom stereocenters. The number of carbonyl (C=O) groups excluding carboxylic acids is 2. The molecule has 3 aromatic rings. The fraction of sp³-hybridized carbons (Fsp3) is 0.370. The predicted octanol–water partition coefficient (Wildman–Crippen LogP) is 3.89. The molecular weight excluding hydrogens is 492 g/mol. The summed E-state index contributed by atoms with van der Waals surface area (Å²) < 4.78 is 34.9. The molecule has 2 aromatic carbocycles. The minimum absolute atomic E-state index is 0.0308. The minimum atomic E-state index is -4.02. The first-order chi connectivity index (χ1) is 17.7. The Kier molecular flexibility index (Phi) is 8.40. The Morgan fingerprint density at radius 3 is 2.73 bits per heavy atom. The van der Waals surface area contributed by atoms with E-state index in [2.05, 4.69) is 15.0 Å². The summed E-state index contributed by atoms with van der Waals surface area (Å²) in [4.78, 5) is 30.9. The quantitative estimate of drug-likeness (QED) is 0.366. The number of amides is 1. The van der Waals surface area contributed by atoms with Crippen LogP contribution in [0.5, 0.6) is 5.75 Å². The van der Waals surface area contributed by atoms with Gasteiger partial charge in [0.05, 0.1) is 34.5 Å². The summed E-state index contributed by atoms with van der Waals surface area (Å²) in [6.45, 7) is 2.72. The van der Waals surface area contributed by atoms with Gasteiger partial charge in [0, 0.05) is 24.9 Å². The van der Waals surface area contributed by atoms with E-state index in [-0.39, 0.29) is 17.1 Å². The zero-order valence-electron chi connectivity index (χ0n) is 21.1. The molecule has 0 saturated heterocycles. The van der Waals surface area contributed by atoms with Gasteiger partial charge in [0.1, 0.15) is 24.2 Å². The van der Waals surface area contributed by atoms with Crippen molar-refractivity contribution in [2.45, 2.75) is 50.0 Å². The molecule has 0 bridgehead atoms. The zero-order valence-corrected chi connectivity index (χ0v) is 21.9. The third-order valence-corrected chi connectivity index (χ3v) is 7.80. The van der Waals surface area contributed by atoms with E-state index in [4.69, 9.17) is 4.74 Å². The summed E-state index contributed by atoms with van der Waals surface area (Å²) in [5.74, 6) is 0.129. The van der Waals surface area contributed by atoms with Gasteiger partial charge in [-0.25, -0.2) is 8.42 Å². The summed E-state index contributed by atoms with van der Waals surface area (Å²) in [5, 5.41) is 3.67. The summed E-state index contributed by atoms with van der Waals surface area (Å²) >= 11 is 0. The van der Waals surface area contributed by atoms with Crippen LogP contribution in [0.25, 0.3) is 10.9 Å². The van der Waals surface area contributed by atoms with Gasteiger partial charge < -0.3 is 19.7 Å². The van der Waals surface area contributed by atoms with Crippen molar-refractivity contribution < 1.29 is 22.7 Å². The topological polar surface area (TPSA) is 118 Å². The van der Waals surface area contributed by atoms with E-state index in [1.54, 1.807) is 25.3 Å². The van der Waals surface area contributed by atoms with E-state index in [9.17, 15) is 18.0 Å². The number of hydrogen-bond acceptors (Lipinski definition) is 7. The number of Topliss-reactive ketones (excluding diaryl/α,β-unsaturated/α-hetero) is 1. The van der Waals surface area contributed by atoms with Gasteiger partial charge in [0.25, 0.3) is 0 Å². The molecule has 0 aliphatic carbocycles. The van der Waals surface area contributed by atoms with Crippen molar-refractivity contribution >= 4 is 44.0 Å². The highest BCUT2D eigenvalue weighted by atomic mass is 32.2. The van der Waals surface area contributed by atoms with E-state index in [1.807, 2.05) is 36.2 Å². The number of carbonyl (C=O) groups is 2. The maximum Gasteiger partial charge on any atom is 0.242 e. The number of pyridine rings is 1. The Bertz CT molecular complexity index is 1390. The number of para-hydroxylation sites is 1. The molecule has 0 saturated carbocycles. The van der Waals surface area contributed by atoms with Gasteiger partial charge >= 0.3 is 0 Å². The lowest BCUT2D eigenvalue weighted by atomic mass is 10.1. The van der Waals surface area contributed by atoms with E-state index in [0.717, 1.165) is 16.6 Å². The Labute approximate surface area is 217 Å². The van der Waals surface area contributed by atoms with Crippen LogP contribution in [-0.4, -0.2) is 51.3 Å². The maximum atomic E-state index is 13.3. The van der Waals surface area contributed by atoms with Crippen LogP contribution in [0, 0.1) is 0 Å². The maximum absolute atomic E-state index is 13.3. The molecule has 4 rings (SSSR count). The average molecular weight is 525 g/mol. The number of fused-ring (bicyclic) bond motifs is 2. The van der Waals surface area contributed by atoms with Crippen LogP contribution in [0.4, 0.5) is 11.4 Å². The lowest BCUT2D eigenvalue weighted by Gasteiger charge is -2.28. The number of ether oxygens (including phenoxy) is 1. The zero-order chi connectivity index (χ0) is 26.4. The fourth-order valence-corrected chi connectivity index (χ4v) is 5.52. The molecule has 9 nitrogen and oxygen atoms in total. The van der Waals surface area contributed by atoms with Gasteiger partial charge in [0.15, 0.2) is 0 Å². The van der Waals surface area contributed by atoms with E-state index in [0.29, 0.717) is 50.3 Å². The lowest BCUT2D eigenvalue weighted by Crippen LogP contribution is -2.43. The van der Waals surface area contributed by atoms with Crippen molar-refractivity contribution in [3.05, 3.63) is 54.7 Å². The largest absolute Gasteiger partial charge is 0.490 e. The van der Waals surface area contributed by atoms with Gasteiger partial charge in [-0.05, 0) is 44.0 Å². The van der Waals surface area contributed by atoms with Crippen LogP contribution in [0.15, 0.2) is 59.6 Å². The number of rotatable bonds is 11. The second-order valence-corrected chi connectivity index (χ2v) is 11.0. The molecule has 1 aliphatic rings. The number of hydrogen-bond donors (Lipinski definition) is 2. The molecule has 0 fully saturated rings. The number of unbranched alkanes of at least 4 members (excludes halogenated alkanes) is 2. The molecular formula is C27H32N4O5S. The van der Waals surface area contributed by atoms with Gasteiger partial charge in [0.2, 0.25) is 15.9 Å². The van der Waals surface area contributed by atoms with E-state index < -0.39 is 22.0 Å². The van der Waals surface area contributed by atoms with E-state index >= 15 is 0 Å². The molecule has 0 unspecified atom stereocenters. The number of likely N-dealkylation sites (N-methyl/N-ethyl adjacent to an activating group) is 1. The third-order valence-electron chi connectivity index (χ3n) is 6.33. The molecule has 1 aliphatic heterocycles. The van der Waals surface area contributed by atoms with Crippen LogP contribution in [0.3, 0.4) is 0 Å². The van der Waals surface area contributed by atoms with Crippen LogP contribution >= 0.6 is 0 Å². The third kappa shape index (κ3) is 6.84. The highest BCUT2D eigenvalue weighted by molar-refractivity contribution is 7.89. The molecule has 196 valence electrons. The Morgan fingerprint density at radius 2 is 1.92 bits per heavy atom. The van der Waals surface area contributed by atoms with E-state index in [1.165, 1.54) is 12.1 Å². The van der Waals surface area contributed by atoms with Gasteiger partial charge in [-0.2, -0.15) is 4.72 Å². The SMILES string of the molecule is CC(=O)CCCCC[C@H](NS(=O)(=O)c1ccc2c(c1)OCCN2C)C(=O)Nc1cnc2ccccc2c1. The summed E-state index contributed by atoms with van der Waals surface area (Å²) in [6.07, 6.45) is 4.29. The van der Waals surface area contributed by atoms with Crippen molar-refractivity contribution in [3.63, 3.8) is 0 Å². The molecule has 0 radical (unpaired) electrons. The fourth-order valence-electron chi connectivity index (χ4n) is 4.27. The highest BCUT2D eigenvalue weighted by Crippen LogP contribution is 2.33. The van der Waals surface area contributed by atoms with Crippen LogP contribution < -0.4 is 19.7 Å². The lowest BCUT2D eigenvalue weighted by molar-refractivity contribution is -0.118. The predicted molar refractivity (Wildman–Crippen MR) is 143 cm³/mol. The molecule has 37 heavy (non-hydrogen) atoms. The van der Waals surface area contributed by atoms with Crippen LogP contribution in [0.2, 0.25) is 0 Å². The van der Waals surface area contributed by atoms with Gasteiger partial charge in [-0.3, -0.25) is 9.78 Å². The number of nitrogens with zero attached hydrogens (tertiary/aromatic N) is 2. The number of benzene rings is 2. The second kappa shape index (κ2) is 11.7. The van der Waals surface area contributed by atoms with Crippen LogP contribution in [0.1, 0.15) is 39.0 Å². The molecule has 1 aromatic heterocycles. The molecule has 1 amide bonds. The first-order valence-electron chi connectivity index (χ1n) is 12.4. The number of anilines is 2. The summed E-state index contributed by atoms with van der Waals surface area (Å²) in [6, 6.07) is 13.0. The first kappa shape index (κ1) is 26.6. The Balaban J connectivity index is 1.51. The van der Waals surface area contributed by atoms with Crippen molar-refractivity contribution in [1.29, 1.82) is 0 Å². The number of sulfonamides is 1. The van der Waals surface area contributed by atoms with Crippen molar-refractivity contribution in [2.75, 3.05) is 30.4 Å².